The molecule has 0 saturated carbocycles. The van der Waals surface area contributed by atoms with E-state index in [1.165, 1.54) is 5.56 Å². The van der Waals surface area contributed by atoms with Crippen LogP contribution < -0.4 is 5.48 Å². The lowest BCUT2D eigenvalue weighted by molar-refractivity contribution is -0.000579. The van der Waals surface area contributed by atoms with Crippen molar-refractivity contribution in [1.29, 1.82) is 0 Å². The van der Waals surface area contributed by atoms with Crippen LogP contribution in [0.15, 0.2) is 24.3 Å². The predicted octanol–water partition coefficient (Wildman–Crippen LogP) is 3.97. The first kappa shape index (κ1) is 13.5. The van der Waals surface area contributed by atoms with E-state index in [1.807, 2.05) is 18.2 Å². The topological polar surface area (TPSA) is 21.3 Å². The molecule has 1 aromatic rings. The van der Waals surface area contributed by atoms with Crippen molar-refractivity contribution in [3.8, 4) is 0 Å². The number of nitrogens with one attached hydrogen (secondary N) is 1. The van der Waals surface area contributed by atoms with Crippen molar-refractivity contribution >= 4 is 11.6 Å². The fraction of sp³-hybridized carbons (Fsp3) is 0.538. The van der Waals surface area contributed by atoms with E-state index in [1.54, 1.807) is 0 Å². The van der Waals surface area contributed by atoms with E-state index < -0.39 is 0 Å². The fourth-order valence-corrected chi connectivity index (χ4v) is 1.62. The van der Waals surface area contributed by atoms with Gasteiger partial charge in [-0.25, -0.2) is 0 Å². The van der Waals surface area contributed by atoms with Crippen molar-refractivity contribution in [3.05, 3.63) is 34.9 Å². The molecule has 3 heteroatoms. The van der Waals surface area contributed by atoms with Crippen molar-refractivity contribution < 1.29 is 4.84 Å². The zero-order valence-corrected chi connectivity index (χ0v) is 10.9. The van der Waals surface area contributed by atoms with Gasteiger partial charge in [0.25, 0.3) is 0 Å². The molecule has 1 aromatic carbocycles. The average Bonchev–Trinajstić information content (AvgIpc) is 2.24. The highest BCUT2D eigenvalue weighted by atomic mass is 35.5. The molecule has 0 aromatic heterocycles. The summed E-state index contributed by atoms with van der Waals surface area (Å²) in [7, 11) is 0. The summed E-state index contributed by atoms with van der Waals surface area (Å²) in [5.74, 6) is 0.532. The molecular weight excluding hydrogens is 222 g/mol. The van der Waals surface area contributed by atoms with Crippen LogP contribution in [-0.2, 0) is 4.84 Å². The molecule has 0 aliphatic carbocycles. The molecule has 0 bridgehead atoms. The highest BCUT2D eigenvalue weighted by Gasteiger charge is 2.09. The van der Waals surface area contributed by atoms with Gasteiger partial charge in [-0.1, -0.05) is 44.5 Å². The van der Waals surface area contributed by atoms with Gasteiger partial charge in [0.05, 0.1) is 12.6 Å². The van der Waals surface area contributed by atoms with E-state index in [4.69, 9.17) is 16.4 Å². The number of hydroxylamine groups is 1. The molecule has 0 amide bonds. The third-order valence-electron chi connectivity index (χ3n) is 2.30. The van der Waals surface area contributed by atoms with Gasteiger partial charge >= 0.3 is 0 Å². The van der Waals surface area contributed by atoms with E-state index in [0.717, 1.165) is 18.1 Å². The van der Waals surface area contributed by atoms with Gasteiger partial charge in [0.1, 0.15) is 0 Å². The quantitative estimate of drug-likeness (QED) is 0.761. The normalized spacial score (nSPS) is 13.1. The molecule has 0 fully saturated rings. The minimum absolute atomic E-state index is 0.206. The number of hydrogen-bond acceptors (Lipinski definition) is 2. The van der Waals surface area contributed by atoms with E-state index in [-0.39, 0.29) is 6.04 Å². The zero-order valence-electron chi connectivity index (χ0n) is 10.2. The van der Waals surface area contributed by atoms with Gasteiger partial charge in [-0.05, 0) is 30.0 Å². The Bertz CT molecular complexity index is 315. The fourth-order valence-electron chi connectivity index (χ4n) is 1.43. The lowest BCUT2D eigenvalue weighted by Gasteiger charge is -2.18. The van der Waals surface area contributed by atoms with Crippen LogP contribution in [0.1, 0.15) is 38.8 Å². The van der Waals surface area contributed by atoms with Crippen LogP contribution in [0.4, 0.5) is 0 Å². The Morgan fingerprint density at radius 1 is 1.38 bits per heavy atom. The second kappa shape index (κ2) is 6.89. The molecule has 1 unspecified atom stereocenters. The van der Waals surface area contributed by atoms with E-state index in [2.05, 4.69) is 32.3 Å². The summed E-state index contributed by atoms with van der Waals surface area (Å²) < 4.78 is 0. The summed E-state index contributed by atoms with van der Waals surface area (Å²) in [6.07, 6.45) is 0.971. The Morgan fingerprint density at radius 2 is 2.12 bits per heavy atom. The number of benzene rings is 1. The summed E-state index contributed by atoms with van der Waals surface area (Å²) in [5.41, 5.74) is 4.25. The van der Waals surface area contributed by atoms with Crippen LogP contribution >= 0.6 is 11.6 Å². The van der Waals surface area contributed by atoms with Crippen LogP contribution in [0.3, 0.4) is 0 Å². The summed E-state index contributed by atoms with van der Waals surface area (Å²) in [6.45, 7) is 7.10. The van der Waals surface area contributed by atoms with Crippen LogP contribution in [0, 0.1) is 5.92 Å². The van der Waals surface area contributed by atoms with Crippen molar-refractivity contribution in [2.75, 3.05) is 6.61 Å². The molecule has 1 rings (SSSR count). The molecule has 1 atom stereocenters. The largest absolute Gasteiger partial charge is 0.301 e. The first-order chi connectivity index (χ1) is 7.63. The molecule has 1 N–H and O–H groups in total. The SMILES string of the molecule is CCC(NOCC(C)C)c1cccc(Cl)c1. The van der Waals surface area contributed by atoms with Crippen LogP contribution in [-0.4, -0.2) is 6.61 Å². The molecule has 0 aliphatic heterocycles. The zero-order chi connectivity index (χ0) is 12.0. The van der Waals surface area contributed by atoms with Crippen LogP contribution in [0.25, 0.3) is 0 Å². The summed E-state index contributed by atoms with van der Waals surface area (Å²) in [4.78, 5) is 5.45. The van der Waals surface area contributed by atoms with Crippen molar-refractivity contribution in [2.45, 2.75) is 33.2 Å². The van der Waals surface area contributed by atoms with Crippen molar-refractivity contribution in [2.24, 2.45) is 5.92 Å². The maximum atomic E-state index is 5.96. The van der Waals surface area contributed by atoms with Gasteiger partial charge < -0.3 is 4.84 Å². The molecular formula is C13H20ClNO. The molecule has 2 nitrogen and oxygen atoms in total. The Balaban J connectivity index is 2.53. The van der Waals surface area contributed by atoms with Gasteiger partial charge in [0, 0.05) is 5.02 Å². The van der Waals surface area contributed by atoms with Crippen LogP contribution in [0.5, 0.6) is 0 Å². The summed E-state index contributed by atoms with van der Waals surface area (Å²) in [6, 6.07) is 8.09. The Labute approximate surface area is 103 Å². The molecule has 0 aliphatic rings. The molecule has 90 valence electrons. The van der Waals surface area contributed by atoms with Gasteiger partial charge in [0.2, 0.25) is 0 Å². The number of hydrogen-bond donors (Lipinski definition) is 1. The van der Waals surface area contributed by atoms with E-state index in [9.17, 15) is 0 Å². The molecule has 16 heavy (non-hydrogen) atoms. The molecule has 0 spiro atoms. The monoisotopic (exact) mass is 241 g/mol. The van der Waals surface area contributed by atoms with Crippen LogP contribution in [0.2, 0.25) is 5.02 Å². The maximum Gasteiger partial charge on any atom is 0.0705 e. The van der Waals surface area contributed by atoms with Gasteiger partial charge in [0.15, 0.2) is 0 Å². The summed E-state index contributed by atoms with van der Waals surface area (Å²) >= 11 is 5.96. The Morgan fingerprint density at radius 3 is 2.69 bits per heavy atom. The minimum Gasteiger partial charge on any atom is -0.301 e. The lowest BCUT2D eigenvalue weighted by atomic mass is 10.1. The molecule has 0 saturated heterocycles. The van der Waals surface area contributed by atoms with Gasteiger partial charge in [-0.3, -0.25) is 0 Å². The second-order valence-electron chi connectivity index (χ2n) is 4.34. The van der Waals surface area contributed by atoms with E-state index in [0.29, 0.717) is 5.92 Å². The maximum absolute atomic E-state index is 5.96. The Kier molecular flexibility index (Phi) is 5.81. The third-order valence-corrected chi connectivity index (χ3v) is 2.54. The smallest absolute Gasteiger partial charge is 0.0705 e. The standard InChI is InChI=1S/C13H20ClNO/c1-4-13(15-16-9-10(2)3)11-6-5-7-12(14)8-11/h5-8,10,13,15H,4,9H2,1-3H3. The van der Waals surface area contributed by atoms with Crippen molar-refractivity contribution in [3.63, 3.8) is 0 Å². The second-order valence-corrected chi connectivity index (χ2v) is 4.77. The third kappa shape index (κ3) is 4.52. The predicted molar refractivity (Wildman–Crippen MR) is 68.4 cm³/mol. The van der Waals surface area contributed by atoms with E-state index >= 15 is 0 Å². The van der Waals surface area contributed by atoms with Gasteiger partial charge in [-0.15, -0.1) is 0 Å². The highest BCUT2D eigenvalue weighted by molar-refractivity contribution is 6.30. The minimum atomic E-state index is 0.206. The lowest BCUT2D eigenvalue weighted by Crippen LogP contribution is -2.23. The number of halogens is 1. The first-order valence-corrected chi connectivity index (χ1v) is 6.14. The highest BCUT2D eigenvalue weighted by Crippen LogP contribution is 2.20. The Hall–Kier alpha value is -0.570. The molecule has 0 heterocycles. The van der Waals surface area contributed by atoms with Gasteiger partial charge in [-0.2, -0.15) is 5.48 Å². The summed E-state index contributed by atoms with van der Waals surface area (Å²) in [5, 5.41) is 0.765. The number of rotatable bonds is 6. The molecule has 0 radical (unpaired) electrons. The van der Waals surface area contributed by atoms with Crippen molar-refractivity contribution in [1.82, 2.24) is 5.48 Å². The average molecular weight is 242 g/mol. The first-order valence-electron chi connectivity index (χ1n) is 5.76.